The van der Waals surface area contributed by atoms with Gasteiger partial charge < -0.3 is 15.8 Å². The molecule has 1 aromatic rings. The molecule has 0 radical (unpaired) electrons. The number of hydrogen-bond donors (Lipinski definition) is 2. The Morgan fingerprint density at radius 3 is 3.00 bits per heavy atom. The Morgan fingerprint density at radius 2 is 2.26 bits per heavy atom. The number of anilines is 2. The molecule has 0 unspecified atom stereocenters. The van der Waals surface area contributed by atoms with E-state index in [9.17, 15) is 9.59 Å². The van der Waals surface area contributed by atoms with Crippen LogP contribution in [0.4, 0.5) is 11.4 Å². The largest absolute Gasteiger partial charge is 0.465 e. The summed E-state index contributed by atoms with van der Waals surface area (Å²) in [5.74, 6) is 0.000151. The number of benzene rings is 1. The van der Waals surface area contributed by atoms with Crippen LogP contribution in [-0.4, -0.2) is 24.2 Å². The second-order valence-corrected chi connectivity index (χ2v) is 5.21. The highest BCUT2D eigenvalue weighted by molar-refractivity contribution is 8.00. The maximum absolute atomic E-state index is 11.3. The van der Waals surface area contributed by atoms with Crippen molar-refractivity contribution >= 4 is 35.0 Å². The van der Waals surface area contributed by atoms with Crippen molar-refractivity contribution in [2.24, 2.45) is 0 Å². The third-order valence-corrected chi connectivity index (χ3v) is 3.83. The van der Waals surface area contributed by atoms with Crippen LogP contribution in [0, 0.1) is 0 Å². The molecule has 1 aromatic carbocycles. The molecule has 1 heterocycles. The summed E-state index contributed by atoms with van der Waals surface area (Å²) in [6.45, 7) is 2.16. The smallest absolute Gasteiger partial charge is 0.316 e. The van der Waals surface area contributed by atoms with Crippen LogP contribution in [0.25, 0.3) is 0 Å². The summed E-state index contributed by atoms with van der Waals surface area (Å²) in [5, 5.41) is 2.79. The lowest BCUT2D eigenvalue weighted by atomic mass is 10.0. The number of rotatable bonds is 4. The molecule has 0 bridgehead atoms. The number of amides is 1. The number of hydrogen-bond acceptors (Lipinski definition) is 5. The summed E-state index contributed by atoms with van der Waals surface area (Å²) in [4.78, 5) is 23.5. The van der Waals surface area contributed by atoms with E-state index in [1.165, 1.54) is 11.8 Å². The molecule has 0 fully saturated rings. The first kappa shape index (κ1) is 13.7. The Labute approximate surface area is 115 Å². The molecule has 0 aromatic heterocycles. The van der Waals surface area contributed by atoms with Gasteiger partial charge in [-0.2, -0.15) is 0 Å². The van der Waals surface area contributed by atoms with Crippen molar-refractivity contribution in [1.82, 2.24) is 0 Å². The molecule has 5 nitrogen and oxygen atoms in total. The standard InChI is InChI=1S/C13H16N2O3S/c1-2-18-13(17)7-19-11-5-8-3-4-12(16)15-10(8)6-9(11)14/h5-6H,2-4,7,14H2,1H3,(H,15,16). The fraction of sp³-hybridized carbons (Fsp3) is 0.385. The quantitative estimate of drug-likeness (QED) is 0.499. The SMILES string of the molecule is CCOC(=O)CSc1cc2c(cc1N)NC(=O)CC2. The van der Waals surface area contributed by atoms with Gasteiger partial charge in [-0.05, 0) is 31.0 Å². The summed E-state index contributed by atoms with van der Waals surface area (Å²) >= 11 is 1.36. The summed E-state index contributed by atoms with van der Waals surface area (Å²) in [7, 11) is 0. The topological polar surface area (TPSA) is 81.4 Å². The number of carbonyl (C=O) groups is 2. The van der Waals surface area contributed by atoms with Gasteiger partial charge in [-0.15, -0.1) is 11.8 Å². The molecule has 2 rings (SSSR count). The van der Waals surface area contributed by atoms with E-state index in [4.69, 9.17) is 10.5 Å². The van der Waals surface area contributed by atoms with Crippen LogP contribution in [0.2, 0.25) is 0 Å². The fourth-order valence-electron chi connectivity index (χ4n) is 1.89. The first-order valence-corrected chi connectivity index (χ1v) is 7.09. The van der Waals surface area contributed by atoms with Crippen LogP contribution in [-0.2, 0) is 20.7 Å². The minimum Gasteiger partial charge on any atom is -0.465 e. The lowest BCUT2D eigenvalue weighted by Crippen LogP contribution is -2.19. The molecular weight excluding hydrogens is 264 g/mol. The van der Waals surface area contributed by atoms with Gasteiger partial charge in [0.2, 0.25) is 5.91 Å². The number of nitrogens with two attached hydrogens (primary N) is 1. The van der Waals surface area contributed by atoms with Gasteiger partial charge in [-0.3, -0.25) is 9.59 Å². The monoisotopic (exact) mass is 280 g/mol. The van der Waals surface area contributed by atoms with Crippen LogP contribution in [0.1, 0.15) is 18.9 Å². The molecule has 102 valence electrons. The van der Waals surface area contributed by atoms with E-state index in [2.05, 4.69) is 5.32 Å². The van der Waals surface area contributed by atoms with Crippen molar-refractivity contribution in [2.75, 3.05) is 23.4 Å². The number of aryl methyl sites for hydroxylation is 1. The second kappa shape index (κ2) is 5.97. The maximum Gasteiger partial charge on any atom is 0.316 e. The predicted octanol–water partition coefficient (Wildman–Crippen LogP) is 1.81. The van der Waals surface area contributed by atoms with Gasteiger partial charge in [0.15, 0.2) is 0 Å². The van der Waals surface area contributed by atoms with Crippen LogP contribution < -0.4 is 11.1 Å². The van der Waals surface area contributed by atoms with Crippen molar-refractivity contribution in [3.8, 4) is 0 Å². The molecule has 0 saturated heterocycles. The highest BCUT2D eigenvalue weighted by atomic mass is 32.2. The minimum atomic E-state index is -0.252. The highest BCUT2D eigenvalue weighted by Gasteiger charge is 2.17. The molecule has 1 aliphatic heterocycles. The lowest BCUT2D eigenvalue weighted by Gasteiger charge is -2.18. The summed E-state index contributed by atoms with van der Waals surface area (Å²) in [6, 6.07) is 3.69. The number of nitrogen functional groups attached to an aromatic ring is 1. The first-order chi connectivity index (χ1) is 9.10. The summed E-state index contributed by atoms with van der Waals surface area (Å²) < 4.78 is 4.87. The molecule has 6 heteroatoms. The zero-order valence-corrected chi connectivity index (χ0v) is 11.5. The molecule has 0 atom stereocenters. The average Bonchev–Trinajstić information content (AvgIpc) is 2.36. The van der Waals surface area contributed by atoms with Crippen molar-refractivity contribution in [3.63, 3.8) is 0 Å². The van der Waals surface area contributed by atoms with Crippen LogP contribution >= 0.6 is 11.8 Å². The number of thioether (sulfide) groups is 1. The van der Waals surface area contributed by atoms with E-state index >= 15 is 0 Å². The number of esters is 1. The van der Waals surface area contributed by atoms with Gasteiger partial charge in [0, 0.05) is 22.7 Å². The minimum absolute atomic E-state index is 0.0128. The summed E-state index contributed by atoms with van der Waals surface area (Å²) in [6.07, 6.45) is 1.19. The van der Waals surface area contributed by atoms with Crippen LogP contribution in [0.5, 0.6) is 0 Å². The number of fused-ring (bicyclic) bond motifs is 1. The van der Waals surface area contributed by atoms with Gasteiger partial charge in [0.25, 0.3) is 0 Å². The second-order valence-electron chi connectivity index (χ2n) is 4.19. The molecule has 19 heavy (non-hydrogen) atoms. The average molecular weight is 280 g/mol. The number of nitrogens with one attached hydrogen (secondary N) is 1. The zero-order valence-electron chi connectivity index (χ0n) is 10.7. The van der Waals surface area contributed by atoms with Gasteiger partial charge >= 0.3 is 5.97 Å². The Hall–Kier alpha value is -1.69. The third-order valence-electron chi connectivity index (χ3n) is 2.78. The van der Waals surface area contributed by atoms with Crippen molar-refractivity contribution in [1.29, 1.82) is 0 Å². The molecular formula is C13H16N2O3S. The highest BCUT2D eigenvalue weighted by Crippen LogP contribution is 2.33. The number of ether oxygens (including phenoxy) is 1. The molecule has 1 amide bonds. The Balaban J connectivity index is 2.10. The Bertz CT molecular complexity index is 517. The fourth-order valence-corrected chi connectivity index (χ4v) is 2.69. The molecule has 1 aliphatic rings. The van der Waals surface area contributed by atoms with Crippen molar-refractivity contribution < 1.29 is 14.3 Å². The van der Waals surface area contributed by atoms with E-state index in [1.807, 2.05) is 6.07 Å². The molecule has 0 saturated carbocycles. The van der Waals surface area contributed by atoms with E-state index in [0.717, 1.165) is 16.1 Å². The maximum atomic E-state index is 11.3. The lowest BCUT2D eigenvalue weighted by molar-refractivity contribution is -0.139. The Kier molecular flexibility index (Phi) is 4.31. The third kappa shape index (κ3) is 3.41. The van der Waals surface area contributed by atoms with Crippen LogP contribution in [0.3, 0.4) is 0 Å². The zero-order chi connectivity index (χ0) is 13.8. The molecule has 3 N–H and O–H groups in total. The van der Waals surface area contributed by atoms with Gasteiger partial charge in [0.05, 0.1) is 12.4 Å². The summed E-state index contributed by atoms with van der Waals surface area (Å²) in [5.41, 5.74) is 8.32. The van der Waals surface area contributed by atoms with E-state index < -0.39 is 0 Å². The van der Waals surface area contributed by atoms with E-state index in [-0.39, 0.29) is 17.6 Å². The van der Waals surface area contributed by atoms with Gasteiger partial charge in [0.1, 0.15) is 0 Å². The predicted molar refractivity (Wildman–Crippen MR) is 75.2 cm³/mol. The number of carbonyl (C=O) groups excluding carboxylic acids is 2. The van der Waals surface area contributed by atoms with Crippen LogP contribution in [0.15, 0.2) is 17.0 Å². The van der Waals surface area contributed by atoms with Crippen molar-refractivity contribution in [3.05, 3.63) is 17.7 Å². The van der Waals surface area contributed by atoms with Crippen molar-refractivity contribution in [2.45, 2.75) is 24.7 Å². The molecule has 0 aliphatic carbocycles. The first-order valence-electron chi connectivity index (χ1n) is 6.10. The molecule has 0 spiro atoms. The Morgan fingerprint density at radius 1 is 1.47 bits per heavy atom. The normalized spacial score (nSPS) is 13.6. The van der Waals surface area contributed by atoms with E-state index in [0.29, 0.717) is 25.1 Å². The van der Waals surface area contributed by atoms with E-state index in [1.54, 1.807) is 13.0 Å². The van der Waals surface area contributed by atoms with Gasteiger partial charge in [-0.25, -0.2) is 0 Å². The van der Waals surface area contributed by atoms with Gasteiger partial charge in [-0.1, -0.05) is 0 Å².